The highest BCUT2D eigenvalue weighted by Gasteiger charge is 2.36. The number of urea groups is 1. The molecule has 188 valence electrons. The number of hydrogen-bond acceptors (Lipinski definition) is 4. The highest BCUT2D eigenvalue weighted by atomic mass is 19.1. The van der Waals surface area contributed by atoms with Gasteiger partial charge in [-0.3, -0.25) is 0 Å². The van der Waals surface area contributed by atoms with E-state index in [1.807, 2.05) is 43.9 Å². The van der Waals surface area contributed by atoms with Gasteiger partial charge in [-0.15, -0.1) is 0 Å². The highest BCUT2D eigenvalue weighted by molar-refractivity contribution is 5.76. The standard InChI is InChI=1S/C27H34FN3O4/c1-27(2,3)35-26(33)29(4)17-22-18-30(15-16-34-22)25(32)31-14-13-19-7-5-6-8-23(19)24(31)20-9-11-21(28)12-10-20/h5-12,22,24H,13-18H2,1-4H3/t22-,24+/m1/s1. The molecule has 0 radical (unpaired) electrons. The molecule has 8 heteroatoms. The van der Waals surface area contributed by atoms with Crippen LogP contribution in [0.1, 0.15) is 43.5 Å². The molecule has 2 aromatic carbocycles. The van der Waals surface area contributed by atoms with Crippen LogP contribution in [0.4, 0.5) is 14.0 Å². The SMILES string of the molecule is CN(C[C@@H]1CN(C(=O)N2CCc3ccccc3[C@@H]2c2ccc(F)cc2)CCO1)C(=O)OC(C)(C)C. The lowest BCUT2D eigenvalue weighted by molar-refractivity contribution is -0.0374. The Balaban J connectivity index is 1.50. The first-order valence-corrected chi connectivity index (χ1v) is 12.1. The van der Waals surface area contributed by atoms with Gasteiger partial charge in [-0.1, -0.05) is 36.4 Å². The summed E-state index contributed by atoms with van der Waals surface area (Å²) in [6.45, 7) is 7.60. The molecule has 1 fully saturated rings. The van der Waals surface area contributed by atoms with E-state index in [-0.39, 0.29) is 24.0 Å². The third-order valence-electron chi connectivity index (χ3n) is 6.31. The minimum Gasteiger partial charge on any atom is -0.444 e. The van der Waals surface area contributed by atoms with E-state index >= 15 is 0 Å². The Morgan fingerprint density at radius 2 is 1.83 bits per heavy atom. The second-order valence-corrected chi connectivity index (χ2v) is 10.2. The molecule has 35 heavy (non-hydrogen) atoms. The zero-order valence-electron chi connectivity index (χ0n) is 20.9. The summed E-state index contributed by atoms with van der Waals surface area (Å²) in [5.41, 5.74) is 2.56. The van der Waals surface area contributed by atoms with Crippen molar-refractivity contribution >= 4 is 12.1 Å². The molecule has 2 aliphatic rings. The van der Waals surface area contributed by atoms with Crippen LogP contribution in [0, 0.1) is 5.82 Å². The number of carbonyl (C=O) groups excluding carboxylic acids is 2. The average molecular weight is 484 g/mol. The Morgan fingerprint density at radius 1 is 1.11 bits per heavy atom. The van der Waals surface area contributed by atoms with E-state index in [2.05, 4.69) is 6.07 Å². The van der Waals surface area contributed by atoms with Crippen molar-refractivity contribution in [2.75, 3.05) is 39.8 Å². The van der Waals surface area contributed by atoms with Crippen LogP contribution in [0.2, 0.25) is 0 Å². The first-order chi connectivity index (χ1) is 16.6. The van der Waals surface area contributed by atoms with Crippen molar-refractivity contribution in [1.82, 2.24) is 14.7 Å². The number of nitrogens with zero attached hydrogens (tertiary/aromatic N) is 3. The van der Waals surface area contributed by atoms with Crippen LogP contribution in [0.25, 0.3) is 0 Å². The first kappa shape index (κ1) is 25.0. The van der Waals surface area contributed by atoms with Gasteiger partial charge in [0, 0.05) is 20.1 Å². The molecule has 4 rings (SSSR count). The van der Waals surface area contributed by atoms with Gasteiger partial charge in [0.2, 0.25) is 0 Å². The Kier molecular flexibility index (Phi) is 7.31. The molecule has 0 aliphatic carbocycles. The monoisotopic (exact) mass is 483 g/mol. The van der Waals surface area contributed by atoms with Crippen molar-refractivity contribution in [2.45, 2.75) is 44.9 Å². The lowest BCUT2D eigenvalue weighted by Gasteiger charge is -2.42. The number of amides is 3. The summed E-state index contributed by atoms with van der Waals surface area (Å²) < 4.78 is 25.0. The van der Waals surface area contributed by atoms with Gasteiger partial charge in [0.25, 0.3) is 0 Å². The molecule has 3 amide bonds. The second-order valence-electron chi connectivity index (χ2n) is 10.2. The van der Waals surface area contributed by atoms with Crippen LogP contribution in [0.3, 0.4) is 0 Å². The number of ether oxygens (including phenoxy) is 2. The summed E-state index contributed by atoms with van der Waals surface area (Å²) >= 11 is 0. The Bertz CT molecular complexity index is 1050. The van der Waals surface area contributed by atoms with E-state index < -0.39 is 11.7 Å². The smallest absolute Gasteiger partial charge is 0.410 e. The zero-order valence-corrected chi connectivity index (χ0v) is 20.9. The summed E-state index contributed by atoms with van der Waals surface area (Å²) in [6, 6.07) is 14.1. The molecule has 2 aliphatic heterocycles. The van der Waals surface area contributed by atoms with Gasteiger partial charge in [-0.05, 0) is 56.0 Å². The van der Waals surface area contributed by atoms with Crippen molar-refractivity contribution < 1.29 is 23.5 Å². The number of halogens is 1. The maximum absolute atomic E-state index is 13.8. The first-order valence-electron chi connectivity index (χ1n) is 12.1. The number of hydrogen-bond donors (Lipinski definition) is 0. The van der Waals surface area contributed by atoms with Gasteiger partial charge in [0.05, 0.1) is 31.8 Å². The summed E-state index contributed by atoms with van der Waals surface area (Å²) in [4.78, 5) is 31.3. The minimum absolute atomic E-state index is 0.0814. The number of carbonyl (C=O) groups is 2. The maximum Gasteiger partial charge on any atom is 0.410 e. The van der Waals surface area contributed by atoms with Crippen molar-refractivity contribution in [1.29, 1.82) is 0 Å². The Hall–Kier alpha value is -3.13. The molecule has 0 aromatic heterocycles. The van der Waals surface area contributed by atoms with Gasteiger partial charge in [-0.25, -0.2) is 14.0 Å². The van der Waals surface area contributed by atoms with Crippen molar-refractivity contribution in [3.63, 3.8) is 0 Å². The average Bonchev–Trinajstić information content (AvgIpc) is 2.82. The van der Waals surface area contributed by atoms with Crippen LogP contribution >= 0.6 is 0 Å². The Morgan fingerprint density at radius 3 is 2.54 bits per heavy atom. The van der Waals surface area contributed by atoms with Gasteiger partial charge in [0.15, 0.2) is 0 Å². The zero-order chi connectivity index (χ0) is 25.2. The predicted molar refractivity (Wildman–Crippen MR) is 131 cm³/mol. The minimum atomic E-state index is -0.583. The third-order valence-corrected chi connectivity index (χ3v) is 6.31. The molecule has 1 saturated heterocycles. The molecule has 0 unspecified atom stereocenters. The molecule has 0 spiro atoms. The third kappa shape index (κ3) is 5.93. The van der Waals surface area contributed by atoms with E-state index in [0.717, 1.165) is 17.5 Å². The van der Waals surface area contributed by atoms with E-state index in [1.165, 1.54) is 22.6 Å². The number of fused-ring (bicyclic) bond motifs is 1. The largest absolute Gasteiger partial charge is 0.444 e. The van der Waals surface area contributed by atoms with Crippen molar-refractivity contribution in [3.8, 4) is 0 Å². The van der Waals surface area contributed by atoms with E-state index in [9.17, 15) is 14.0 Å². The molecular weight excluding hydrogens is 449 g/mol. The molecule has 2 atom stereocenters. The van der Waals surface area contributed by atoms with E-state index in [4.69, 9.17) is 9.47 Å². The topological polar surface area (TPSA) is 62.3 Å². The van der Waals surface area contributed by atoms with Crippen LogP contribution in [-0.2, 0) is 15.9 Å². The number of morpholine rings is 1. The fraction of sp³-hybridized carbons (Fsp3) is 0.481. The van der Waals surface area contributed by atoms with Gasteiger partial charge in [-0.2, -0.15) is 0 Å². The van der Waals surface area contributed by atoms with Gasteiger partial charge >= 0.3 is 12.1 Å². The molecule has 0 N–H and O–H groups in total. The lowest BCUT2D eigenvalue weighted by atomic mass is 9.88. The number of likely N-dealkylation sites (N-methyl/N-ethyl adjacent to an activating group) is 1. The molecule has 7 nitrogen and oxygen atoms in total. The second kappa shape index (κ2) is 10.2. The van der Waals surface area contributed by atoms with Crippen LogP contribution in [0.5, 0.6) is 0 Å². The number of rotatable bonds is 3. The molecule has 0 saturated carbocycles. The fourth-order valence-corrected chi connectivity index (χ4v) is 4.68. The van der Waals surface area contributed by atoms with Gasteiger partial charge < -0.3 is 24.2 Å². The number of benzene rings is 2. The highest BCUT2D eigenvalue weighted by Crippen LogP contribution is 2.36. The van der Waals surface area contributed by atoms with Crippen LogP contribution in [-0.4, -0.2) is 78.4 Å². The lowest BCUT2D eigenvalue weighted by Crippen LogP contribution is -2.55. The van der Waals surface area contributed by atoms with Gasteiger partial charge in [0.1, 0.15) is 11.4 Å². The quantitative estimate of drug-likeness (QED) is 0.647. The normalized spacial score (nSPS) is 20.3. The van der Waals surface area contributed by atoms with Crippen LogP contribution < -0.4 is 0 Å². The van der Waals surface area contributed by atoms with E-state index in [1.54, 1.807) is 24.1 Å². The molecule has 0 bridgehead atoms. The van der Waals surface area contributed by atoms with E-state index in [0.29, 0.717) is 32.8 Å². The molecule has 2 heterocycles. The fourth-order valence-electron chi connectivity index (χ4n) is 4.68. The van der Waals surface area contributed by atoms with Crippen molar-refractivity contribution in [3.05, 3.63) is 71.0 Å². The summed E-state index contributed by atoms with van der Waals surface area (Å²) in [5, 5.41) is 0. The predicted octanol–water partition coefficient (Wildman–Crippen LogP) is 4.46. The van der Waals surface area contributed by atoms with Crippen LogP contribution in [0.15, 0.2) is 48.5 Å². The summed E-state index contributed by atoms with van der Waals surface area (Å²) in [6.07, 6.45) is 0.0227. The summed E-state index contributed by atoms with van der Waals surface area (Å²) in [5.74, 6) is -0.305. The van der Waals surface area contributed by atoms with Crippen molar-refractivity contribution in [2.24, 2.45) is 0 Å². The molecular formula is C27H34FN3O4. The Labute approximate surface area is 206 Å². The summed E-state index contributed by atoms with van der Waals surface area (Å²) in [7, 11) is 1.67. The maximum atomic E-state index is 13.8. The molecule has 2 aromatic rings.